The molecule has 0 aromatic heterocycles. The standard InChI is InChI=1S/C13H14.Rh/c1-11(2)9-10-12(3)13-7-5-4-6-8-13;/h4-8,10H,3H2,1-2H3;/q-2;+2/b12-10+;. The molecular formula is C13H14Rh. The predicted octanol–water partition coefficient (Wildman–Crippen LogP) is 3.67. The summed E-state index contributed by atoms with van der Waals surface area (Å²) in [6.07, 6.45) is 5.06. The molecule has 0 fully saturated rings. The molecule has 0 bridgehead atoms. The summed E-state index contributed by atoms with van der Waals surface area (Å²) in [6.45, 7) is 8.01. The van der Waals surface area contributed by atoms with E-state index in [9.17, 15) is 0 Å². The van der Waals surface area contributed by atoms with E-state index in [0.717, 1.165) is 16.7 Å². The summed E-state index contributed by atoms with van der Waals surface area (Å²) in [5.41, 5.74) is 3.31. The second-order valence-electron chi connectivity index (χ2n) is 3.18. The molecule has 1 rings (SSSR count). The molecule has 14 heavy (non-hydrogen) atoms. The first-order valence-electron chi connectivity index (χ1n) is 4.34. The van der Waals surface area contributed by atoms with E-state index in [4.69, 9.17) is 0 Å². The van der Waals surface area contributed by atoms with Crippen molar-refractivity contribution in [3.8, 4) is 0 Å². The Bertz CT molecular complexity index is 316. The number of hydrogen-bond donors (Lipinski definition) is 0. The van der Waals surface area contributed by atoms with Gasteiger partial charge in [-0.2, -0.15) is 5.57 Å². The molecule has 1 radical (unpaired) electrons. The summed E-state index contributed by atoms with van der Waals surface area (Å²) >= 11 is 0. The molecule has 0 amide bonds. The Morgan fingerprint density at radius 3 is 2.29 bits per heavy atom. The average Bonchev–Trinajstić information content (AvgIpc) is 2.15. The van der Waals surface area contributed by atoms with Crippen LogP contribution in [-0.4, -0.2) is 0 Å². The van der Waals surface area contributed by atoms with E-state index in [1.54, 1.807) is 0 Å². The van der Waals surface area contributed by atoms with Gasteiger partial charge < -0.3 is 17.7 Å². The average molecular weight is 273 g/mol. The quantitative estimate of drug-likeness (QED) is 0.438. The Balaban J connectivity index is 0.00000169. The first-order valence-corrected chi connectivity index (χ1v) is 4.34. The first-order chi connectivity index (χ1) is 6.20. The minimum Gasteiger partial charge on any atom is -0.341 e. The summed E-state index contributed by atoms with van der Waals surface area (Å²) in [5, 5.41) is 0. The van der Waals surface area contributed by atoms with Crippen LogP contribution >= 0.6 is 0 Å². The topological polar surface area (TPSA) is 0 Å². The van der Waals surface area contributed by atoms with Crippen molar-refractivity contribution in [3.63, 3.8) is 0 Å². The van der Waals surface area contributed by atoms with Crippen LogP contribution in [0.25, 0.3) is 5.57 Å². The van der Waals surface area contributed by atoms with Gasteiger partial charge in [-0.25, -0.2) is 5.56 Å². The van der Waals surface area contributed by atoms with Gasteiger partial charge in [0, 0.05) is 0 Å². The smallest absolute Gasteiger partial charge is 0.341 e. The third-order valence-corrected chi connectivity index (χ3v) is 1.68. The summed E-state index contributed by atoms with van der Waals surface area (Å²) in [5.74, 6) is 0. The van der Waals surface area contributed by atoms with Crippen molar-refractivity contribution in [1.29, 1.82) is 0 Å². The number of rotatable bonds is 2. The zero-order valence-electron chi connectivity index (χ0n) is 8.50. The Morgan fingerprint density at radius 1 is 1.21 bits per heavy atom. The van der Waals surface area contributed by atoms with Crippen molar-refractivity contribution >= 4 is 5.57 Å². The second kappa shape index (κ2) is 6.62. The molecule has 0 N–H and O–H groups in total. The minimum atomic E-state index is 0. The molecule has 0 atom stereocenters. The fourth-order valence-corrected chi connectivity index (χ4v) is 0.967. The van der Waals surface area contributed by atoms with Gasteiger partial charge in [0.1, 0.15) is 0 Å². The zero-order chi connectivity index (χ0) is 9.68. The predicted molar refractivity (Wildman–Crippen MR) is 57.9 cm³/mol. The van der Waals surface area contributed by atoms with Crippen LogP contribution < -0.4 is 0 Å². The summed E-state index contributed by atoms with van der Waals surface area (Å²) < 4.78 is 0. The minimum absolute atomic E-state index is 0. The molecule has 0 nitrogen and oxygen atoms in total. The molecule has 0 unspecified atom stereocenters. The van der Waals surface area contributed by atoms with Crippen LogP contribution in [0.2, 0.25) is 0 Å². The third-order valence-electron chi connectivity index (χ3n) is 1.68. The molecule has 0 heterocycles. The summed E-state index contributed by atoms with van der Waals surface area (Å²) in [7, 11) is 0. The van der Waals surface area contributed by atoms with E-state index in [2.05, 4.69) is 13.0 Å². The molecule has 0 aliphatic heterocycles. The molecule has 0 saturated heterocycles. The third kappa shape index (κ3) is 4.44. The maximum absolute atomic E-state index is 3.97. The molecule has 0 aliphatic carbocycles. The van der Waals surface area contributed by atoms with Gasteiger partial charge in [0.25, 0.3) is 0 Å². The van der Waals surface area contributed by atoms with Gasteiger partial charge in [0.15, 0.2) is 0 Å². The van der Waals surface area contributed by atoms with Gasteiger partial charge >= 0.3 is 19.5 Å². The number of allylic oxidation sites excluding steroid dienone is 4. The van der Waals surface area contributed by atoms with Gasteiger partial charge in [0.2, 0.25) is 0 Å². The first kappa shape index (κ1) is 13.2. The van der Waals surface area contributed by atoms with E-state index in [-0.39, 0.29) is 19.5 Å². The van der Waals surface area contributed by atoms with Crippen LogP contribution in [0.5, 0.6) is 0 Å². The van der Waals surface area contributed by atoms with E-state index in [0.29, 0.717) is 0 Å². The molecule has 1 aromatic carbocycles. The van der Waals surface area contributed by atoms with Crippen LogP contribution in [0.15, 0.2) is 42.0 Å². The van der Waals surface area contributed by atoms with Crippen LogP contribution in [0.4, 0.5) is 0 Å². The Kier molecular flexibility index (Phi) is 6.24. The molecule has 0 spiro atoms. The van der Waals surface area contributed by atoms with Crippen LogP contribution in [0.1, 0.15) is 19.4 Å². The Labute approximate surface area is 99.5 Å². The normalized spacial score (nSPS) is 10.3. The molecule has 0 saturated carbocycles. The van der Waals surface area contributed by atoms with Crippen LogP contribution in [0.3, 0.4) is 0 Å². The molecule has 1 aromatic rings. The molecule has 75 valence electrons. The fourth-order valence-electron chi connectivity index (χ4n) is 0.967. The van der Waals surface area contributed by atoms with E-state index < -0.39 is 0 Å². The van der Waals surface area contributed by atoms with E-state index in [1.807, 2.05) is 50.3 Å². The van der Waals surface area contributed by atoms with Crippen molar-refractivity contribution in [2.24, 2.45) is 0 Å². The van der Waals surface area contributed by atoms with Crippen LogP contribution in [-0.2, 0) is 19.5 Å². The van der Waals surface area contributed by atoms with Gasteiger partial charge in [-0.3, -0.25) is 6.92 Å². The SMILES string of the molecule is [CH2-]/C(=C\[C-]=C(C)C)c1ccccc1.[Rh+2]. The number of hydrogen-bond acceptors (Lipinski definition) is 0. The van der Waals surface area contributed by atoms with Crippen molar-refractivity contribution < 1.29 is 19.5 Å². The zero-order valence-corrected chi connectivity index (χ0v) is 10.1. The van der Waals surface area contributed by atoms with Gasteiger partial charge in [0.05, 0.1) is 0 Å². The van der Waals surface area contributed by atoms with Crippen molar-refractivity contribution in [1.82, 2.24) is 0 Å². The van der Waals surface area contributed by atoms with Crippen LogP contribution in [0, 0.1) is 13.0 Å². The molecular weight excluding hydrogens is 259 g/mol. The molecule has 0 aliphatic rings. The van der Waals surface area contributed by atoms with Gasteiger partial charge in [-0.05, 0) is 0 Å². The fraction of sp³-hybridized carbons (Fsp3) is 0.154. The van der Waals surface area contributed by atoms with Crippen molar-refractivity contribution in [2.45, 2.75) is 13.8 Å². The maximum atomic E-state index is 3.97. The van der Waals surface area contributed by atoms with E-state index >= 15 is 0 Å². The van der Waals surface area contributed by atoms with Crippen molar-refractivity contribution in [3.05, 3.63) is 60.5 Å². The van der Waals surface area contributed by atoms with Gasteiger partial charge in [-0.15, -0.1) is 12.1 Å². The Morgan fingerprint density at radius 2 is 1.79 bits per heavy atom. The maximum Gasteiger partial charge on any atom is 2.00 e. The summed E-state index contributed by atoms with van der Waals surface area (Å²) in [6, 6.07) is 10.1. The molecule has 1 heteroatoms. The number of benzene rings is 1. The largest absolute Gasteiger partial charge is 2.00 e. The monoisotopic (exact) mass is 273 g/mol. The van der Waals surface area contributed by atoms with Gasteiger partial charge in [-0.1, -0.05) is 32.0 Å². The Hall–Kier alpha value is -0.807. The second-order valence-corrected chi connectivity index (χ2v) is 3.18. The summed E-state index contributed by atoms with van der Waals surface area (Å²) in [4.78, 5) is 0. The van der Waals surface area contributed by atoms with E-state index in [1.165, 1.54) is 0 Å². The van der Waals surface area contributed by atoms with Crippen molar-refractivity contribution in [2.75, 3.05) is 0 Å².